The number of nitrogens with one attached hydrogen (secondary N) is 1. The zero-order chi connectivity index (χ0) is 12.8. The van der Waals surface area contributed by atoms with Gasteiger partial charge in [-0.2, -0.15) is 0 Å². The van der Waals surface area contributed by atoms with Crippen LogP contribution in [0.25, 0.3) is 0 Å². The molecule has 1 amide bonds. The highest BCUT2D eigenvalue weighted by atomic mass is 127. The Morgan fingerprint density at radius 2 is 2.29 bits per heavy atom. The third-order valence-electron chi connectivity index (χ3n) is 2.29. The van der Waals surface area contributed by atoms with Crippen LogP contribution in [0, 0.1) is 8.80 Å². The zero-order valence-corrected chi connectivity index (χ0v) is 12.4. The van der Waals surface area contributed by atoms with Crippen LogP contribution in [0.15, 0.2) is 11.4 Å². The van der Waals surface area contributed by atoms with Crippen molar-refractivity contribution in [3.05, 3.63) is 19.9 Å². The van der Waals surface area contributed by atoms with Crippen LogP contribution in [0.4, 0.5) is 0 Å². The summed E-state index contributed by atoms with van der Waals surface area (Å²) in [5.74, 6) is -0.713. The molecule has 1 aromatic rings. The minimum atomic E-state index is -0.796. The molecule has 0 aliphatic rings. The molecule has 0 saturated heterocycles. The fraction of sp³-hybridized carbons (Fsp3) is 0.455. The highest BCUT2D eigenvalue weighted by Gasteiger charge is 2.10. The van der Waals surface area contributed by atoms with Crippen LogP contribution in [-0.4, -0.2) is 23.5 Å². The van der Waals surface area contributed by atoms with E-state index in [1.165, 1.54) is 11.3 Å². The van der Waals surface area contributed by atoms with Gasteiger partial charge in [-0.25, -0.2) is 0 Å². The standard InChI is InChI=1S/C11H14INO3S/c1-7(2-3-10(14)15)5-13-11(16)8-4-9(12)17-6-8/h4,6-7H,2-3,5H2,1H3,(H,13,16)(H,14,15). The van der Waals surface area contributed by atoms with Crippen molar-refractivity contribution in [1.29, 1.82) is 0 Å². The van der Waals surface area contributed by atoms with Crippen LogP contribution in [-0.2, 0) is 4.79 Å². The van der Waals surface area contributed by atoms with Gasteiger partial charge in [-0.15, -0.1) is 11.3 Å². The van der Waals surface area contributed by atoms with E-state index in [0.717, 1.165) is 2.88 Å². The number of thiophene rings is 1. The van der Waals surface area contributed by atoms with E-state index in [4.69, 9.17) is 5.11 Å². The molecule has 2 N–H and O–H groups in total. The zero-order valence-electron chi connectivity index (χ0n) is 9.40. The van der Waals surface area contributed by atoms with Crippen LogP contribution in [0.5, 0.6) is 0 Å². The Morgan fingerprint density at radius 3 is 2.82 bits per heavy atom. The molecule has 0 aliphatic heterocycles. The summed E-state index contributed by atoms with van der Waals surface area (Å²) in [6.07, 6.45) is 0.726. The van der Waals surface area contributed by atoms with Crippen molar-refractivity contribution in [1.82, 2.24) is 5.32 Å². The van der Waals surface area contributed by atoms with Crippen molar-refractivity contribution in [2.45, 2.75) is 19.8 Å². The molecule has 0 radical (unpaired) electrons. The number of halogens is 1. The maximum absolute atomic E-state index is 11.7. The Labute approximate surface area is 118 Å². The summed E-state index contributed by atoms with van der Waals surface area (Å²) in [5, 5.41) is 13.2. The topological polar surface area (TPSA) is 66.4 Å². The smallest absolute Gasteiger partial charge is 0.303 e. The first-order chi connectivity index (χ1) is 7.99. The normalized spacial score (nSPS) is 12.1. The second-order valence-electron chi connectivity index (χ2n) is 3.89. The Kier molecular flexibility index (Phi) is 5.90. The predicted octanol–water partition coefficient (Wildman–Crippen LogP) is 2.58. The van der Waals surface area contributed by atoms with Crippen LogP contribution in [0.1, 0.15) is 30.1 Å². The van der Waals surface area contributed by atoms with Gasteiger partial charge in [0.05, 0.1) is 8.45 Å². The largest absolute Gasteiger partial charge is 0.481 e. The number of carboxylic acids is 1. The fourth-order valence-electron chi connectivity index (χ4n) is 1.27. The first kappa shape index (κ1) is 14.4. The van der Waals surface area contributed by atoms with Crippen LogP contribution < -0.4 is 5.32 Å². The molecule has 0 spiro atoms. The molecule has 1 aromatic heterocycles. The molecule has 1 unspecified atom stereocenters. The fourth-order valence-corrected chi connectivity index (χ4v) is 2.60. The lowest BCUT2D eigenvalue weighted by atomic mass is 10.1. The monoisotopic (exact) mass is 367 g/mol. The van der Waals surface area contributed by atoms with Gasteiger partial charge in [-0.1, -0.05) is 6.92 Å². The summed E-state index contributed by atoms with van der Waals surface area (Å²) in [5.41, 5.74) is 0.671. The van der Waals surface area contributed by atoms with E-state index in [0.29, 0.717) is 18.5 Å². The lowest BCUT2D eigenvalue weighted by Crippen LogP contribution is -2.28. The maximum atomic E-state index is 11.7. The predicted molar refractivity (Wildman–Crippen MR) is 75.4 cm³/mol. The number of hydrogen-bond donors (Lipinski definition) is 2. The summed E-state index contributed by atoms with van der Waals surface area (Å²) >= 11 is 3.70. The SMILES string of the molecule is CC(CCC(=O)O)CNC(=O)c1csc(I)c1. The van der Waals surface area contributed by atoms with Gasteiger partial charge in [0, 0.05) is 18.3 Å². The van der Waals surface area contributed by atoms with Crippen molar-refractivity contribution in [2.24, 2.45) is 5.92 Å². The van der Waals surface area contributed by atoms with Crippen LogP contribution in [0.3, 0.4) is 0 Å². The minimum absolute atomic E-state index is 0.0914. The van der Waals surface area contributed by atoms with Gasteiger partial charge < -0.3 is 10.4 Å². The van der Waals surface area contributed by atoms with Gasteiger partial charge in [-0.05, 0) is 41.0 Å². The Balaban J connectivity index is 2.30. The molecule has 6 heteroatoms. The van der Waals surface area contributed by atoms with Gasteiger partial charge in [0.15, 0.2) is 0 Å². The quantitative estimate of drug-likeness (QED) is 0.760. The number of aliphatic carboxylic acids is 1. The Bertz CT molecular complexity index is 405. The first-order valence-electron chi connectivity index (χ1n) is 5.23. The van der Waals surface area contributed by atoms with Gasteiger partial charge in [0.1, 0.15) is 0 Å². The van der Waals surface area contributed by atoms with E-state index in [1.54, 1.807) is 0 Å². The molecule has 94 valence electrons. The summed E-state index contributed by atoms with van der Waals surface area (Å²) in [6.45, 7) is 2.44. The summed E-state index contributed by atoms with van der Waals surface area (Å²) < 4.78 is 1.08. The molecule has 17 heavy (non-hydrogen) atoms. The van der Waals surface area contributed by atoms with Gasteiger partial charge in [-0.3, -0.25) is 9.59 Å². The number of carboxylic acid groups (broad SMARTS) is 1. The van der Waals surface area contributed by atoms with Crippen molar-refractivity contribution < 1.29 is 14.7 Å². The van der Waals surface area contributed by atoms with Gasteiger partial charge in [0.25, 0.3) is 5.91 Å². The molecule has 0 saturated carbocycles. The van der Waals surface area contributed by atoms with Gasteiger partial charge in [0.2, 0.25) is 0 Å². The number of hydrogen-bond acceptors (Lipinski definition) is 3. The summed E-state index contributed by atoms with van der Waals surface area (Å²) in [7, 11) is 0. The lowest BCUT2D eigenvalue weighted by molar-refractivity contribution is -0.137. The molecule has 0 aromatic carbocycles. The summed E-state index contributed by atoms with van der Waals surface area (Å²) in [4.78, 5) is 22.1. The number of carbonyl (C=O) groups is 2. The third kappa shape index (κ3) is 5.49. The average Bonchev–Trinajstić information content (AvgIpc) is 2.70. The molecule has 1 heterocycles. The first-order valence-corrected chi connectivity index (χ1v) is 7.19. The molecular formula is C11H14INO3S. The van der Waals surface area contributed by atoms with Crippen molar-refractivity contribution >= 4 is 45.8 Å². The Morgan fingerprint density at radius 1 is 1.59 bits per heavy atom. The van der Waals surface area contributed by atoms with E-state index < -0.39 is 5.97 Å². The molecule has 0 aliphatic carbocycles. The highest BCUT2D eigenvalue weighted by molar-refractivity contribution is 14.1. The van der Waals surface area contributed by atoms with E-state index in [1.807, 2.05) is 18.4 Å². The van der Waals surface area contributed by atoms with Crippen molar-refractivity contribution in [2.75, 3.05) is 6.54 Å². The second kappa shape index (κ2) is 6.95. The van der Waals surface area contributed by atoms with E-state index in [-0.39, 0.29) is 18.2 Å². The van der Waals surface area contributed by atoms with E-state index in [9.17, 15) is 9.59 Å². The Hall–Kier alpha value is -0.630. The van der Waals surface area contributed by atoms with Crippen molar-refractivity contribution in [3.63, 3.8) is 0 Å². The lowest BCUT2D eigenvalue weighted by Gasteiger charge is -2.10. The van der Waals surface area contributed by atoms with Gasteiger partial charge >= 0.3 is 5.97 Å². The van der Waals surface area contributed by atoms with E-state index in [2.05, 4.69) is 27.9 Å². The van der Waals surface area contributed by atoms with Crippen LogP contribution in [0.2, 0.25) is 0 Å². The minimum Gasteiger partial charge on any atom is -0.481 e. The number of amides is 1. The average molecular weight is 367 g/mol. The van der Waals surface area contributed by atoms with E-state index >= 15 is 0 Å². The molecular weight excluding hydrogens is 353 g/mol. The molecule has 0 bridgehead atoms. The third-order valence-corrected chi connectivity index (χ3v) is 4.08. The van der Waals surface area contributed by atoms with Crippen LogP contribution >= 0.6 is 33.9 Å². The number of carbonyl (C=O) groups excluding carboxylic acids is 1. The van der Waals surface area contributed by atoms with Crippen molar-refractivity contribution in [3.8, 4) is 0 Å². The second-order valence-corrected chi connectivity index (χ2v) is 6.69. The number of rotatable bonds is 6. The summed E-state index contributed by atoms with van der Waals surface area (Å²) in [6, 6.07) is 1.84. The molecule has 0 fully saturated rings. The molecule has 1 atom stereocenters. The molecule has 1 rings (SSSR count). The molecule has 4 nitrogen and oxygen atoms in total. The maximum Gasteiger partial charge on any atom is 0.303 e. The highest BCUT2D eigenvalue weighted by Crippen LogP contribution is 2.16.